The molecule has 0 aromatic heterocycles. The standard InChI is InChI=1S/C12H15F2N3O.C7H5ClO2.C2H5NS/c1-16-2-4-17(5-3-16)11-7-9(13)8(12(15)18)6-10(11)14;8-6-4-2-1-3-5(6)7(9)10;1-3-2-4/h6-7H,2-5H2,1H3,(H2,15,18);1-4H,(H,9,10);2H,1H3,(H,3,4). The highest BCUT2D eigenvalue weighted by Crippen LogP contribution is 2.24. The predicted octanol–water partition coefficient (Wildman–Crippen LogP) is 3.02. The number of carbonyl (C=O) groups is 2. The maximum absolute atomic E-state index is 13.8. The second kappa shape index (κ2) is 13.6. The zero-order chi connectivity index (χ0) is 24.3. The highest BCUT2D eigenvalue weighted by molar-refractivity contribution is 7.78. The molecule has 3 rings (SSSR count). The van der Waals surface area contributed by atoms with Crippen molar-refractivity contribution in [1.29, 1.82) is 0 Å². The van der Waals surface area contributed by atoms with Gasteiger partial charge in [-0.05, 0) is 25.2 Å². The zero-order valence-corrected chi connectivity index (χ0v) is 19.2. The van der Waals surface area contributed by atoms with Crippen LogP contribution in [0.1, 0.15) is 20.7 Å². The Balaban J connectivity index is 0.000000307. The Morgan fingerprint density at radius 1 is 1.12 bits per heavy atom. The van der Waals surface area contributed by atoms with E-state index in [0.29, 0.717) is 13.1 Å². The lowest BCUT2D eigenvalue weighted by Crippen LogP contribution is -2.44. The average molecular weight is 487 g/mol. The number of piperazine rings is 1. The Morgan fingerprint density at radius 2 is 1.69 bits per heavy atom. The van der Waals surface area contributed by atoms with Gasteiger partial charge in [-0.3, -0.25) is 4.79 Å². The number of hydrogen-bond acceptors (Lipinski definition) is 5. The summed E-state index contributed by atoms with van der Waals surface area (Å²) in [5.74, 6) is -3.35. The highest BCUT2D eigenvalue weighted by atomic mass is 35.5. The fraction of sp³-hybridized carbons (Fsp3) is 0.286. The van der Waals surface area contributed by atoms with Gasteiger partial charge in [0.05, 0.1) is 27.3 Å². The number of benzene rings is 2. The van der Waals surface area contributed by atoms with Gasteiger partial charge in [0.25, 0.3) is 5.91 Å². The minimum atomic E-state index is -0.995. The van der Waals surface area contributed by atoms with Gasteiger partial charge >= 0.3 is 5.97 Å². The van der Waals surface area contributed by atoms with Gasteiger partial charge in [-0.1, -0.05) is 36.0 Å². The van der Waals surface area contributed by atoms with E-state index in [0.717, 1.165) is 25.2 Å². The van der Waals surface area contributed by atoms with Crippen molar-refractivity contribution in [2.45, 2.75) is 0 Å². The number of hydrogen-bond donors (Lipinski definition) is 3. The van der Waals surface area contributed by atoms with Crippen LogP contribution in [0.2, 0.25) is 5.02 Å². The summed E-state index contributed by atoms with van der Waals surface area (Å²) >= 11 is 9.86. The molecule has 0 bridgehead atoms. The first-order chi connectivity index (χ1) is 15.1. The number of primary amides is 1. The van der Waals surface area contributed by atoms with Crippen LogP contribution in [0.3, 0.4) is 0 Å². The number of rotatable bonds is 4. The van der Waals surface area contributed by atoms with E-state index in [1.54, 1.807) is 30.1 Å². The minimum Gasteiger partial charge on any atom is -0.478 e. The molecule has 1 aliphatic heterocycles. The first-order valence-corrected chi connectivity index (χ1v) is 10.3. The molecular weight excluding hydrogens is 462 g/mol. The van der Waals surface area contributed by atoms with Crippen LogP contribution in [0.25, 0.3) is 0 Å². The van der Waals surface area contributed by atoms with E-state index in [4.69, 9.17) is 22.4 Å². The summed E-state index contributed by atoms with van der Waals surface area (Å²) in [6.45, 7) is 2.84. The van der Waals surface area contributed by atoms with Crippen LogP contribution >= 0.6 is 23.8 Å². The van der Waals surface area contributed by atoms with Gasteiger partial charge in [0.1, 0.15) is 11.6 Å². The lowest BCUT2D eigenvalue weighted by atomic mass is 10.1. The molecule has 0 atom stereocenters. The second-order valence-corrected chi connectivity index (χ2v) is 7.27. The molecule has 1 heterocycles. The van der Waals surface area contributed by atoms with Crippen molar-refractivity contribution < 1.29 is 23.5 Å². The summed E-state index contributed by atoms with van der Waals surface area (Å²) in [4.78, 5) is 25.1. The highest BCUT2D eigenvalue weighted by Gasteiger charge is 2.20. The molecule has 4 N–H and O–H groups in total. The Bertz CT molecular complexity index is 941. The fourth-order valence-electron chi connectivity index (χ4n) is 2.65. The molecule has 1 amide bonds. The number of aromatic carboxylic acids is 1. The van der Waals surface area contributed by atoms with Crippen molar-refractivity contribution in [2.24, 2.45) is 5.73 Å². The largest absolute Gasteiger partial charge is 0.478 e. The molecule has 174 valence electrons. The van der Waals surface area contributed by atoms with Crippen molar-refractivity contribution in [3.05, 3.63) is 64.2 Å². The SMILES string of the molecule is CN1CCN(c2cc(F)c(C(N)=O)cc2F)CC1.CNC=S.O=C(O)c1ccccc1Cl. The first-order valence-electron chi connectivity index (χ1n) is 9.43. The van der Waals surface area contributed by atoms with E-state index in [-0.39, 0.29) is 16.3 Å². The van der Waals surface area contributed by atoms with E-state index in [2.05, 4.69) is 22.4 Å². The van der Waals surface area contributed by atoms with Gasteiger partial charge < -0.3 is 26.0 Å². The maximum Gasteiger partial charge on any atom is 0.337 e. The summed E-state index contributed by atoms with van der Waals surface area (Å²) in [5, 5.41) is 11.4. The van der Waals surface area contributed by atoms with Crippen molar-refractivity contribution in [1.82, 2.24) is 10.2 Å². The smallest absolute Gasteiger partial charge is 0.337 e. The van der Waals surface area contributed by atoms with Crippen molar-refractivity contribution in [3.8, 4) is 0 Å². The third-order valence-corrected chi connectivity index (χ3v) is 4.93. The Labute approximate surface area is 195 Å². The summed E-state index contributed by atoms with van der Waals surface area (Å²) in [5.41, 5.74) is 6.34. The number of likely N-dealkylation sites (N-methyl/N-ethyl adjacent to an activating group) is 1. The summed E-state index contributed by atoms with van der Waals surface area (Å²) in [6, 6.07) is 8.24. The molecule has 11 heteroatoms. The monoisotopic (exact) mass is 486 g/mol. The number of amides is 1. The summed E-state index contributed by atoms with van der Waals surface area (Å²) < 4.78 is 27.5. The van der Waals surface area contributed by atoms with Crippen molar-refractivity contribution >= 4 is 46.9 Å². The summed E-state index contributed by atoms with van der Waals surface area (Å²) in [7, 11) is 3.75. The number of nitrogens with one attached hydrogen (secondary N) is 1. The molecule has 2 aromatic carbocycles. The fourth-order valence-corrected chi connectivity index (χ4v) is 2.87. The lowest BCUT2D eigenvalue weighted by molar-refractivity contribution is 0.0696. The van der Waals surface area contributed by atoms with Gasteiger partial charge in [0.2, 0.25) is 0 Å². The number of carbonyl (C=O) groups excluding carboxylic acids is 1. The topological polar surface area (TPSA) is 98.9 Å². The second-order valence-electron chi connectivity index (χ2n) is 6.63. The van der Waals surface area contributed by atoms with Gasteiger partial charge in [-0.15, -0.1) is 0 Å². The van der Waals surface area contributed by atoms with Gasteiger partial charge in [-0.25, -0.2) is 13.6 Å². The van der Waals surface area contributed by atoms with E-state index in [1.807, 2.05) is 7.05 Å². The van der Waals surface area contributed by atoms with Crippen LogP contribution in [0.15, 0.2) is 36.4 Å². The third-order valence-electron chi connectivity index (χ3n) is 4.37. The van der Waals surface area contributed by atoms with Gasteiger partial charge in [0.15, 0.2) is 0 Å². The Morgan fingerprint density at radius 3 is 2.12 bits per heavy atom. The number of halogens is 3. The molecule has 32 heavy (non-hydrogen) atoms. The van der Waals surface area contributed by atoms with Crippen LogP contribution in [0.4, 0.5) is 14.5 Å². The van der Waals surface area contributed by atoms with Gasteiger partial charge in [-0.2, -0.15) is 0 Å². The lowest BCUT2D eigenvalue weighted by Gasteiger charge is -2.34. The molecule has 0 aliphatic carbocycles. The van der Waals surface area contributed by atoms with E-state index in [1.165, 1.54) is 11.6 Å². The molecule has 0 spiro atoms. The Hall–Kier alpha value is -2.82. The first kappa shape index (κ1) is 27.2. The molecule has 0 saturated carbocycles. The van der Waals surface area contributed by atoms with Crippen LogP contribution in [-0.2, 0) is 0 Å². The molecule has 1 fully saturated rings. The number of nitrogens with two attached hydrogens (primary N) is 1. The number of thiocarbonyl (C=S) groups is 1. The number of anilines is 1. The van der Waals surface area contributed by atoms with Crippen LogP contribution < -0.4 is 16.0 Å². The third kappa shape index (κ3) is 8.37. The van der Waals surface area contributed by atoms with E-state index >= 15 is 0 Å². The summed E-state index contributed by atoms with van der Waals surface area (Å²) in [6.07, 6.45) is 0. The van der Waals surface area contributed by atoms with Crippen LogP contribution in [-0.4, -0.2) is 67.6 Å². The minimum absolute atomic E-state index is 0.143. The number of carboxylic acid groups (broad SMARTS) is 1. The average Bonchev–Trinajstić information content (AvgIpc) is 2.76. The molecule has 0 radical (unpaired) electrons. The number of nitrogens with zero attached hydrogens (tertiary/aromatic N) is 2. The normalized spacial score (nSPS) is 13.1. The molecule has 1 aliphatic rings. The van der Waals surface area contributed by atoms with Crippen molar-refractivity contribution in [3.63, 3.8) is 0 Å². The van der Waals surface area contributed by atoms with E-state index in [9.17, 15) is 18.4 Å². The molecule has 2 aromatic rings. The van der Waals surface area contributed by atoms with Gasteiger partial charge in [0, 0.05) is 39.3 Å². The predicted molar refractivity (Wildman–Crippen MR) is 126 cm³/mol. The molecule has 7 nitrogen and oxygen atoms in total. The molecular formula is C21H25ClF2N4O3S. The zero-order valence-electron chi connectivity index (χ0n) is 17.6. The van der Waals surface area contributed by atoms with E-state index < -0.39 is 29.1 Å². The van der Waals surface area contributed by atoms with Crippen molar-refractivity contribution in [2.75, 3.05) is 45.2 Å². The number of carboxylic acids is 1. The quantitative estimate of drug-likeness (QED) is 0.571. The molecule has 0 unspecified atom stereocenters. The maximum atomic E-state index is 13.8. The Kier molecular flexibility index (Phi) is 11.5. The molecule has 1 saturated heterocycles. The van der Waals surface area contributed by atoms with Crippen LogP contribution in [0.5, 0.6) is 0 Å². The van der Waals surface area contributed by atoms with Crippen LogP contribution in [0, 0.1) is 11.6 Å².